The summed E-state index contributed by atoms with van der Waals surface area (Å²) >= 11 is 0. The lowest BCUT2D eigenvalue weighted by molar-refractivity contribution is -0.159. The molecule has 0 aromatic carbocycles. The molecule has 0 aromatic heterocycles. The van der Waals surface area contributed by atoms with Gasteiger partial charge in [-0.1, -0.05) is 24.3 Å². The maximum absolute atomic E-state index is 12.2. The second-order valence-electron chi connectivity index (χ2n) is 7.63. The number of hydrogen-bond acceptors (Lipinski definition) is 9. The quantitative estimate of drug-likeness (QED) is 0.255. The number of fused-ring (bicyclic) bond motifs is 4. The molecule has 2 N–H and O–H groups in total. The van der Waals surface area contributed by atoms with Crippen LogP contribution in [-0.4, -0.2) is 84.9 Å². The van der Waals surface area contributed by atoms with Crippen LogP contribution in [-0.2, 0) is 42.9 Å². The van der Waals surface area contributed by atoms with Crippen LogP contribution in [0.3, 0.4) is 0 Å². The Morgan fingerprint density at radius 3 is 1.32 bits per heavy atom. The van der Waals surface area contributed by atoms with E-state index in [0.717, 1.165) is 0 Å². The largest absolute Gasteiger partial charge is 0.481 e. The van der Waals surface area contributed by atoms with Crippen LogP contribution in [0, 0.1) is 23.7 Å². The van der Waals surface area contributed by atoms with Crippen molar-refractivity contribution in [3.05, 3.63) is 24.3 Å². The van der Waals surface area contributed by atoms with E-state index in [2.05, 4.69) is 0 Å². The summed E-state index contributed by atoms with van der Waals surface area (Å²) in [4.78, 5) is 47.2. The van der Waals surface area contributed by atoms with Gasteiger partial charge in [0.25, 0.3) is 0 Å². The van der Waals surface area contributed by atoms with Crippen molar-refractivity contribution in [2.75, 3.05) is 26.4 Å². The van der Waals surface area contributed by atoms with E-state index in [1.165, 1.54) is 0 Å². The molecule has 0 aliphatic carbocycles. The van der Waals surface area contributed by atoms with Gasteiger partial charge in [-0.05, 0) is 0 Å². The van der Waals surface area contributed by atoms with Gasteiger partial charge in [0.2, 0.25) is 0 Å². The van der Waals surface area contributed by atoms with Crippen LogP contribution in [0.4, 0.5) is 0 Å². The van der Waals surface area contributed by atoms with Gasteiger partial charge >= 0.3 is 23.9 Å². The standard InChI is InChI=1S/C20H22O11/c21-17(22)13-9-1-3-11(30-9)15(13)19(25)28-7-5-27-6-8-29-20(26)16-12-4-2-10(31-12)14(16)18(23)24/h1-4,9-16H,5-8H2,(H,21,22)(H,23,24). The van der Waals surface area contributed by atoms with E-state index in [1.807, 2.05) is 0 Å². The number of carbonyl (C=O) groups excluding carboxylic acids is 2. The third kappa shape index (κ3) is 4.08. The summed E-state index contributed by atoms with van der Waals surface area (Å²) in [5.74, 6) is -7.28. The number of aliphatic carboxylic acids is 2. The van der Waals surface area contributed by atoms with Crippen molar-refractivity contribution in [1.29, 1.82) is 0 Å². The fourth-order valence-corrected chi connectivity index (χ4v) is 4.46. The Kier molecular flexibility index (Phi) is 6.08. The number of rotatable bonds is 10. The monoisotopic (exact) mass is 438 g/mol. The van der Waals surface area contributed by atoms with Crippen LogP contribution in [0.25, 0.3) is 0 Å². The smallest absolute Gasteiger partial charge is 0.313 e. The first-order valence-electron chi connectivity index (χ1n) is 9.92. The van der Waals surface area contributed by atoms with Gasteiger partial charge in [-0.15, -0.1) is 0 Å². The molecule has 0 saturated carbocycles. The highest BCUT2D eigenvalue weighted by atomic mass is 16.6. The fourth-order valence-electron chi connectivity index (χ4n) is 4.46. The highest BCUT2D eigenvalue weighted by Gasteiger charge is 2.55. The molecular formula is C20H22O11. The molecule has 4 bridgehead atoms. The van der Waals surface area contributed by atoms with Gasteiger partial charge in [0, 0.05) is 0 Å². The van der Waals surface area contributed by atoms with Gasteiger partial charge in [0.05, 0.1) is 37.6 Å². The molecule has 0 aromatic rings. The summed E-state index contributed by atoms with van der Waals surface area (Å²) in [7, 11) is 0. The van der Waals surface area contributed by atoms with Gasteiger partial charge in [0.1, 0.15) is 36.9 Å². The summed E-state index contributed by atoms with van der Waals surface area (Å²) in [5.41, 5.74) is 0. The Labute approximate surface area is 176 Å². The van der Waals surface area contributed by atoms with Crippen LogP contribution in [0.5, 0.6) is 0 Å². The highest BCUT2D eigenvalue weighted by molar-refractivity contribution is 5.84. The summed E-state index contributed by atoms with van der Waals surface area (Å²) in [5, 5.41) is 18.6. The molecule has 2 fully saturated rings. The maximum atomic E-state index is 12.2. The second-order valence-corrected chi connectivity index (χ2v) is 7.63. The van der Waals surface area contributed by atoms with Crippen molar-refractivity contribution < 1.29 is 53.1 Å². The molecule has 31 heavy (non-hydrogen) atoms. The lowest BCUT2D eigenvalue weighted by Gasteiger charge is -2.20. The van der Waals surface area contributed by atoms with Crippen molar-refractivity contribution in [1.82, 2.24) is 0 Å². The zero-order valence-corrected chi connectivity index (χ0v) is 16.3. The minimum Gasteiger partial charge on any atom is -0.481 e. The molecule has 0 spiro atoms. The third-order valence-electron chi connectivity index (χ3n) is 5.86. The van der Waals surface area contributed by atoms with E-state index in [0.29, 0.717) is 0 Å². The molecule has 11 nitrogen and oxygen atoms in total. The van der Waals surface area contributed by atoms with Gasteiger partial charge in [-0.25, -0.2) is 0 Å². The summed E-state index contributed by atoms with van der Waals surface area (Å²) in [6.07, 6.45) is 4.14. The molecule has 168 valence electrons. The molecule has 0 radical (unpaired) electrons. The van der Waals surface area contributed by atoms with Gasteiger partial charge in [0.15, 0.2) is 0 Å². The van der Waals surface area contributed by atoms with Crippen LogP contribution >= 0.6 is 0 Å². The molecule has 11 heteroatoms. The first-order valence-corrected chi connectivity index (χ1v) is 9.92. The minimum absolute atomic E-state index is 0.0241. The maximum Gasteiger partial charge on any atom is 0.313 e. The Morgan fingerprint density at radius 1 is 0.613 bits per heavy atom. The summed E-state index contributed by atoms with van der Waals surface area (Å²) in [6, 6.07) is 0. The molecule has 2 saturated heterocycles. The van der Waals surface area contributed by atoms with Crippen molar-refractivity contribution >= 4 is 23.9 Å². The van der Waals surface area contributed by atoms with Crippen molar-refractivity contribution in [3.63, 3.8) is 0 Å². The van der Waals surface area contributed by atoms with Crippen molar-refractivity contribution in [3.8, 4) is 0 Å². The molecular weight excluding hydrogens is 416 g/mol. The van der Waals surface area contributed by atoms with Crippen molar-refractivity contribution in [2.45, 2.75) is 24.4 Å². The van der Waals surface area contributed by atoms with E-state index in [4.69, 9.17) is 23.7 Å². The SMILES string of the molecule is O=C(O)C1C2C=CC(O2)C1C(=O)OCCOCCOC(=O)C1C2C=CC(O2)C1C(=O)O. The van der Waals surface area contributed by atoms with E-state index in [9.17, 15) is 29.4 Å². The van der Waals surface area contributed by atoms with Gasteiger partial charge in [-0.2, -0.15) is 0 Å². The lowest BCUT2D eigenvalue weighted by Crippen LogP contribution is -2.38. The average Bonchev–Trinajstić information content (AvgIpc) is 3.51. The first kappa shape index (κ1) is 21.5. The molecule has 4 aliphatic heterocycles. The number of hydrogen-bond donors (Lipinski definition) is 2. The second kappa shape index (κ2) is 8.77. The minimum atomic E-state index is -1.11. The van der Waals surface area contributed by atoms with Gasteiger partial charge < -0.3 is 33.9 Å². The molecule has 4 rings (SSSR count). The third-order valence-corrected chi connectivity index (χ3v) is 5.86. The number of carboxylic acid groups (broad SMARTS) is 2. The average molecular weight is 438 g/mol. The lowest BCUT2D eigenvalue weighted by atomic mass is 9.83. The summed E-state index contributed by atoms with van der Waals surface area (Å²) in [6.45, 7) is -0.141. The Morgan fingerprint density at radius 2 is 0.968 bits per heavy atom. The van der Waals surface area contributed by atoms with Crippen LogP contribution in [0.15, 0.2) is 24.3 Å². The zero-order valence-electron chi connectivity index (χ0n) is 16.3. The van der Waals surface area contributed by atoms with Gasteiger partial charge in [-0.3, -0.25) is 19.2 Å². The summed E-state index contributed by atoms with van der Waals surface area (Å²) < 4.78 is 26.3. The topological polar surface area (TPSA) is 155 Å². The Hall–Kier alpha value is -2.76. The van der Waals surface area contributed by atoms with Crippen molar-refractivity contribution in [2.24, 2.45) is 23.7 Å². The zero-order chi connectivity index (χ0) is 22.1. The predicted molar refractivity (Wildman–Crippen MR) is 97.6 cm³/mol. The van der Waals surface area contributed by atoms with Crippen LogP contribution < -0.4 is 0 Å². The normalized spacial score (nSPS) is 36.6. The number of ether oxygens (including phenoxy) is 5. The molecule has 4 aliphatic rings. The molecule has 0 amide bonds. The van der Waals surface area contributed by atoms with Crippen LogP contribution in [0.2, 0.25) is 0 Å². The highest BCUT2D eigenvalue weighted by Crippen LogP contribution is 2.40. The van der Waals surface area contributed by atoms with E-state index in [1.54, 1.807) is 24.3 Å². The molecule has 8 atom stereocenters. The molecule has 4 heterocycles. The predicted octanol–water partition coefficient (Wildman–Crippen LogP) is -0.602. The number of esters is 2. The van der Waals surface area contributed by atoms with E-state index in [-0.39, 0.29) is 26.4 Å². The Balaban J connectivity index is 1.12. The number of carbonyl (C=O) groups is 4. The van der Waals surface area contributed by atoms with E-state index >= 15 is 0 Å². The fraction of sp³-hybridized carbons (Fsp3) is 0.600. The van der Waals surface area contributed by atoms with E-state index < -0.39 is 72.0 Å². The first-order chi connectivity index (χ1) is 14.9. The number of carboxylic acids is 2. The molecule has 8 unspecified atom stereocenters. The Bertz CT molecular complexity index is 752. The van der Waals surface area contributed by atoms with Crippen LogP contribution in [0.1, 0.15) is 0 Å².